The zero-order valence-corrected chi connectivity index (χ0v) is 11.8. The van der Waals surface area contributed by atoms with Crippen molar-refractivity contribution in [2.24, 2.45) is 5.73 Å². The summed E-state index contributed by atoms with van der Waals surface area (Å²) in [6.07, 6.45) is 0. The molecule has 2 N–H and O–H groups in total. The van der Waals surface area contributed by atoms with Crippen LogP contribution in [0, 0.1) is 5.82 Å². The number of nitrogens with two attached hydrogens (primary N) is 1. The van der Waals surface area contributed by atoms with Gasteiger partial charge in [0.05, 0.1) is 10.5 Å². The zero-order chi connectivity index (χ0) is 14.7. The highest BCUT2D eigenvalue weighted by atomic mass is 79.9. The molecule has 106 valence electrons. The summed E-state index contributed by atoms with van der Waals surface area (Å²) in [6, 6.07) is 9.95. The molecule has 0 bridgehead atoms. The van der Waals surface area contributed by atoms with E-state index in [1.807, 2.05) is 0 Å². The molecule has 0 radical (unpaired) electrons. The van der Waals surface area contributed by atoms with E-state index >= 15 is 0 Å². The topological polar surface area (TPSA) is 35.2 Å². The van der Waals surface area contributed by atoms with Crippen molar-refractivity contribution in [2.75, 3.05) is 0 Å². The van der Waals surface area contributed by atoms with Crippen LogP contribution in [0.1, 0.15) is 17.2 Å². The third-order valence-electron chi connectivity index (χ3n) is 2.78. The number of benzene rings is 2. The minimum Gasteiger partial charge on any atom is -0.435 e. The molecule has 0 fully saturated rings. The first-order valence-corrected chi connectivity index (χ1v) is 6.52. The Morgan fingerprint density at radius 1 is 1.05 bits per heavy atom. The number of rotatable bonds is 4. The van der Waals surface area contributed by atoms with Crippen molar-refractivity contribution in [3.05, 3.63) is 63.9 Å². The Morgan fingerprint density at radius 2 is 1.70 bits per heavy atom. The molecule has 1 unspecified atom stereocenters. The standard InChI is InChI=1S/C14H11BrF3NO/c15-11-3-1-2-10(12(11)16)13(19)8-4-6-9(7-5-8)20-14(17)18/h1-7,13-14H,19H2. The summed E-state index contributed by atoms with van der Waals surface area (Å²) in [5, 5.41) is 0. The van der Waals surface area contributed by atoms with Crippen molar-refractivity contribution < 1.29 is 17.9 Å². The van der Waals surface area contributed by atoms with Gasteiger partial charge >= 0.3 is 6.61 Å². The molecule has 6 heteroatoms. The van der Waals surface area contributed by atoms with Gasteiger partial charge in [0.25, 0.3) is 0 Å². The summed E-state index contributed by atoms with van der Waals surface area (Å²) in [5.74, 6) is -0.404. The van der Waals surface area contributed by atoms with Crippen LogP contribution in [0.4, 0.5) is 13.2 Å². The lowest BCUT2D eigenvalue weighted by Gasteiger charge is -2.15. The highest BCUT2D eigenvalue weighted by Gasteiger charge is 2.15. The van der Waals surface area contributed by atoms with E-state index in [-0.39, 0.29) is 5.75 Å². The van der Waals surface area contributed by atoms with Crippen LogP contribution in [0.5, 0.6) is 5.75 Å². The zero-order valence-electron chi connectivity index (χ0n) is 10.2. The van der Waals surface area contributed by atoms with Gasteiger partial charge in [0.1, 0.15) is 11.6 Å². The normalized spacial score (nSPS) is 12.5. The van der Waals surface area contributed by atoms with Gasteiger partial charge in [-0.05, 0) is 39.7 Å². The van der Waals surface area contributed by atoms with E-state index in [0.717, 1.165) is 0 Å². The van der Waals surface area contributed by atoms with E-state index in [9.17, 15) is 13.2 Å². The largest absolute Gasteiger partial charge is 0.435 e. The number of alkyl halides is 2. The van der Waals surface area contributed by atoms with E-state index in [1.165, 1.54) is 24.3 Å². The highest BCUT2D eigenvalue weighted by Crippen LogP contribution is 2.27. The number of hydrogen-bond donors (Lipinski definition) is 1. The first kappa shape index (κ1) is 14.9. The minimum atomic E-state index is -2.88. The number of halogens is 4. The van der Waals surface area contributed by atoms with Gasteiger partial charge in [-0.3, -0.25) is 0 Å². The molecule has 2 aromatic rings. The molecule has 0 heterocycles. The maximum absolute atomic E-state index is 13.9. The van der Waals surface area contributed by atoms with Crippen LogP contribution < -0.4 is 10.5 Å². The summed E-state index contributed by atoms with van der Waals surface area (Å²) in [5.41, 5.74) is 6.91. The summed E-state index contributed by atoms with van der Waals surface area (Å²) >= 11 is 3.09. The van der Waals surface area contributed by atoms with Gasteiger partial charge in [-0.25, -0.2) is 4.39 Å². The molecule has 1 atom stereocenters. The molecular formula is C14H11BrF3NO. The van der Waals surface area contributed by atoms with E-state index in [1.54, 1.807) is 18.2 Å². The molecule has 0 saturated carbocycles. The average Bonchev–Trinajstić information content (AvgIpc) is 2.41. The lowest BCUT2D eigenvalue weighted by molar-refractivity contribution is -0.0498. The second kappa shape index (κ2) is 6.28. The molecule has 20 heavy (non-hydrogen) atoms. The fourth-order valence-corrected chi connectivity index (χ4v) is 2.18. The lowest BCUT2D eigenvalue weighted by Crippen LogP contribution is -2.14. The maximum Gasteiger partial charge on any atom is 0.387 e. The Morgan fingerprint density at radius 3 is 2.30 bits per heavy atom. The van der Waals surface area contributed by atoms with E-state index in [4.69, 9.17) is 5.73 Å². The summed E-state index contributed by atoms with van der Waals surface area (Å²) < 4.78 is 42.6. The van der Waals surface area contributed by atoms with Crippen molar-refractivity contribution in [1.29, 1.82) is 0 Å². The monoisotopic (exact) mass is 345 g/mol. The Labute approximate surface area is 122 Å². The predicted molar refractivity (Wildman–Crippen MR) is 73.2 cm³/mol. The number of ether oxygens (including phenoxy) is 1. The molecule has 0 spiro atoms. The van der Waals surface area contributed by atoms with Crippen LogP contribution in [0.2, 0.25) is 0 Å². The van der Waals surface area contributed by atoms with Crippen molar-refractivity contribution in [1.82, 2.24) is 0 Å². The highest BCUT2D eigenvalue weighted by molar-refractivity contribution is 9.10. The Kier molecular flexibility index (Phi) is 4.67. The quantitative estimate of drug-likeness (QED) is 0.899. The van der Waals surface area contributed by atoms with Crippen LogP contribution >= 0.6 is 15.9 Å². The van der Waals surface area contributed by atoms with Gasteiger partial charge in [-0.15, -0.1) is 0 Å². The third-order valence-corrected chi connectivity index (χ3v) is 3.39. The second-order valence-corrected chi connectivity index (χ2v) is 4.92. The molecule has 2 aromatic carbocycles. The average molecular weight is 346 g/mol. The maximum atomic E-state index is 13.9. The van der Waals surface area contributed by atoms with Crippen LogP contribution in [-0.4, -0.2) is 6.61 Å². The first-order chi connectivity index (χ1) is 9.49. The minimum absolute atomic E-state index is 0.0330. The molecule has 0 aliphatic carbocycles. The second-order valence-electron chi connectivity index (χ2n) is 4.07. The molecule has 2 nitrogen and oxygen atoms in total. The van der Waals surface area contributed by atoms with Gasteiger partial charge in [0.15, 0.2) is 0 Å². The van der Waals surface area contributed by atoms with Crippen molar-refractivity contribution >= 4 is 15.9 Å². The van der Waals surface area contributed by atoms with E-state index in [0.29, 0.717) is 15.6 Å². The summed E-state index contributed by atoms with van der Waals surface area (Å²) in [7, 11) is 0. The fraction of sp³-hybridized carbons (Fsp3) is 0.143. The van der Waals surface area contributed by atoms with E-state index in [2.05, 4.69) is 20.7 Å². The Bertz CT molecular complexity index is 589. The van der Waals surface area contributed by atoms with Crippen LogP contribution in [0.3, 0.4) is 0 Å². The summed E-state index contributed by atoms with van der Waals surface area (Å²) in [6.45, 7) is -2.88. The Balaban J connectivity index is 2.25. The lowest BCUT2D eigenvalue weighted by atomic mass is 9.99. The van der Waals surface area contributed by atoms with Gasteiger partial charge in [-0.2, -0.15) is 8.78 Å². The van der Waals surface area contributed by atoms with Crippen LogP contribution in [0.25, 0.3) is 0 Å². The SMILES string of the molecule is NC(c1ccc(OC(F)F)cc1)c1cccc(Br)c1F. The van der Waals surface area contributed by atoms with Crippen molar-refractivity contribution in [3.8, 4) is 5.75 Å². The smallest absolute Gasteiger partial charge is 0.387 e. The Hall–Kier alpha value is -1.53. The molecule has 2 rings (SSSR count). The van der Waals surface area contributed by atoms with Crippen LogP contribution in [-0.2, 0) is 0 Å². The van der Waals surface area contributed by atoms with Gasteiger partial charge < -0.3 is 10.5 Å². The molecule has 0 aliphatic heterocycles. The van der Waals surface area contributed by atoms with Gasteiger partial charge in [-0.1, -0.05) is 24.3 Å². The first-order valence-electron chi connectivity index (χ1n) is 5.73. The molecule has 0 amide bonds. The summed E-state index contributed by atoms with van der Waals surface area (Å²) in [4.78, 5) is 0. The van der Waals surface area contributed by atoms with Crippen molar-refractivity contribution in [3.63, 3.8) is 0 Å². The number of hydrogen-bond acceptors (Lipinski definition) is 2. The van der Waals surface area contributed by atoms with Gasteiger partial charge in [0.2, 0.25) is 0 Å². The molecule has 0 saturated heterocycles. The third kappa shape index (κ3) is 3.32. The molecule has 0 aliphatic rings. The molecule has 0 aromatic heterocycles. The predicted octanol–water partition coefficient (Wildman–Crippen LogP) is 4.24. The fourth-order valence-electron chi connectivity index (χ4n) is 1.80. The van der Waals surface area contributed by atoms with Crippen molar-refractivity contribution in [2.45, 2.75) is 12.7 Å². The molecular weight excluding hydrogens is 335 g/mol. The van der Waals surface area contributed by atoms with Crippen LogP contribution in [0.15, 0.2) is 46.9 Å². The van der Waals surface area contributed by atoms with E-state index < -0.39 is 18.5 Å². The van der Waals surface area contributed by atoms with Gasteiger partial charge in [0, 0.05) is 5.56 Å².